The van der Waals surface area contributed by atoms with Crippen LogP contribution >= 0.6 is 0 Å². The van der Waals surface area contributed by atoms with Gasteiger partial charge in [-0.2, -0.15) is 0 Å². The molecule has 7 nitrogen and oxygen atoms in total. The van der Waals surface area contributed by atoms with Gasteiger partial charge in [-0.25, -0.2) is 4.79 Å². The molecule has 0 saturated carbocycles. The zero-order chi connectivity index (χ0) is 22.3. The average molecular weight is 439 g/mol. The second-order valence-electron chi connectivity index (χ2n) is 9.94. The maximum absolute atomic E-state index is 12.7. The van der Waals surface area contributed by atoms with Crippen LogP contribution in [0.3, 0.4) is 0 Å². The number of hydrogen-bond donors (Lipinski definition) is 1. The third kappa shape index (κ3) is 4.95. The molecule has 168 valence electrons. The summed E-state index contributed by atoms with van der Waals surface area (Å²) in [6, 6.07) is 8.71. The number of aliphatic hydroxyl groups excluding tert-OH is 1. The lowest BCUT2D eigenvalue weighted by Gasteiger charge is -2.37. The first kappa shape index (κ1) is 23.4. The van der Waals surface area contributed by atoms with Crippen molar-refractivity contribution in [3.8, 4) is 0 Å². The molecular formula is C22H34O7Si. The summed E-state index contributed by atoms with van der Waals surface area (Å²) in [5.41, 5.74) is 0.421. The van der Waals surface area contributed by atoms with E-state index >= 15 is 0 Å². The molecule has 0 unspecified atom stereocenters. The van der Waals surface area contributed by atoms with Crippen LogP contribution in [0.2, 0.25) is 18.1 Å². The number of carbonyl (C=O) groups excluding carboxylic acids is 1. The van der Waals surface area contributed by atoms with Gasteiger partial charge in [-0.15, -0.1) is 0 Å². The molecule has 0 radical (unpaired) electrons. The number of rotatable bonds is 6. The van der Waals surface area contributed by atoms with Crippen LogP contribution in [0.15, 0.2) is 30.3 Å². The maximum Gasteiger partial charge on any atom is 0.338 e. The van der Waals surface area contributed by atoms with Crippen molar-refractivity contribution >= 4 is 14.3 Å². The Kier molecular flexibility index (Phi) is 6.49. The minimum atomic E-state index is -2.06. The lowest BCUT2D eigenvalue weighted by atomic mass is 10.1. The fourth-order valence-electron chi connectivity index (χ4n) is 3.32. The average Bonchev–Trinajstić information content (AvgIpc) is 3.12. The van der Waals surface area contributed by atoms with Crippen molar-refractivity contribution in [3.05, 3.63) is 35.9 Å². The molecule has 1 aromatic carbocycles. The van der Waals surface area contributed by atoms with Crippen LogP contribution in [-0.4, -0.2) is 62.5 Å². The summed E-state index contributed by atoms with van der Waals surface area (Å²) in [6.07, 6.45) is -3.97. The molecule has 2 aliphatic heterocycles. The molecule has 1 N–H and O–H groups in total. The first-order valence-electron chi connectivity index (χ1n) is 10.4. The van der Waals surface area contributed by atoms with Crippen LogP contribution in [0.4, 0.5) is 0 Å². The fraction of sp³-hybridized carbons (Fsp3) is 0.682. The van der Waals surface area contributed by atoms with Crippen molar-refractivity contribution in [3.63, 3.8) is 0 Å². The third-order valence-electron chi connectivity index (χ3n) is 6.08. The molecule has 3 rings (SSSR count). The number of fused-ring (bicyclic) bond motifs is 1. The highest BCUT2D eigenvalue weighted by Crippen LogP contribution is 2.41. The maximum atomic E-state index is 12.7. The van der Waals surface area contributed by atoms with Crippen LogP contribution in [0.1, 0.15) is 45.0 Å². The lowest BCUT2D eigenvalue weighted by Crippen LogP contribution is -2.48. The minimum absolute atomic E-state index is 0.00911. The van der Waals surface area contributed by atoms with Crippen LogP contribution < -0.4 is 0 Å². The van der Waals surface area contributed by atoms with Crippen LogP contribution in [0, 0.1) is 0 Å². The highest BCUT2D eigenvalue weighted by Gasteiger charge is 2.58. The number of esters is 1. The lowest BCUT2D eigenvalue weighted by molar-refractivity contribution is -0.227. The smallest absolute Gasteiger partial charge is 0.338 e. The van der Waals surface area contributed by atoms with Crippen molar-refractivity contribution in [1.29, 1.82) is 0 Å². The molecule has 2 aliphatic rings. The zero-order valence-electron chi connectivity index (χ0n) is 18.9. The van der Waals surface area contributed by atoms with Gasteiger partial charge in [-0.05, 0) is 44.1 Å². The third-order valence-corrected chi connectivity index (χ3v) is 10.6. The SMILES string of the molecule is CC1(C)O[C@H]2O[C@H]([C@H](O)CO[Si](C)(C)C(C)(C)C)[C@@H](OC(=O)c3ccccc3)[C@H]2O1. The predicted octanol–water partition coefficient (Wildman–Crippen LogP) is 3.47. The Bertz CT molecular complexity index is 744. The molecule has 0 bridgehead atoms. The van der Waals surface area contributed by atoms with E-state index in [1.807, 2.05) is 6.07 Å². The minimum Gasteiger partial charge on any atom is -0.453 e. The second kappa shape index (κ2) is 8.33. The largest absolute Gasteiger partial charge is 0.453 e. The standard InChI is InChI=1S/C22H34O7Si/c1-21(2,3)30(6,7)25-13-15(23)16-17(18-20(27-16)29-22(4,5)28-18)26-19(24)14-11-9-8-10-12-14/h8-12,15-18,20,23H,13H2,1-7H3/t15-,16-,17-,18-,20-/m1/s1. The van der Waals surface area contributed by atoms with Gasteiger partial charge in [-0.1, -0.05) is 39.0 Å². The number of benzene rings is 1. The highest BCUT2D eigenvalue weighted by molar-refractivity contribution is 6.74. The molecule has 2 heterocycles. The summed E-state index contributed by atoms with van der Waals surface area (Å²) >= 11 is 0. The topological polar surface area (TPSA) is 83.5 Å². The van der Waals surface area contributed by atoms with E-state index in [0.29, 0.717) is 5.56 Å². The number of ether oxygens (including phenoxy) is 4. The molecule has 5 atom stereocenters. The molecule has 0 spiro atoms. The van der Waals surface area contributed by atoms with E-state index in [0.717, 1.165) is 0 Å². The molecule has 2 saturated heterocycles. The molecule has 2 fully saturated rings. The number of aliphatic hydroxyl groups is 1. The van der Waals surface area contributed by atoms with Gasteiger partial charge in [-0.3, -0.25) is 0 Å². The number of carbonyl (C=O) groups is 1. The van der Waals surface area contributed by atoms with Gasteiger partial charge in [0.1, 0.15) is 12.2 Å². The summed E-state index contributed by atoms with van der Waals surface area (Å²) in [7, 11) is -2.06. The summed E-state index contributed by atoms with van der Waals surface area (Å²) in [5.74, 6) is -1.36. The predicted molar refractivity (Wildman–Crippen MR) is 113 cm³/mol. The molecule has 30 heavy (non-hydrogen) atoms. The molecular weight excluding hydrogens is 404 g/mol. The highest BCUT2D eigenvalue weighted by atomic mass is 28.4. The van der Waals surface area contributed by atoms with Crippen LogP contribution in [-0.2, 0) is 23.4 Å². The van der Waals surface area contributed by atoms with Crippen molar-refractivity contribution in [2.75, 3.05) is 6.61 Å². The van der Waals surface area contributed by atoms with Crippen molar-refractivity contribution in [1.82, 2.24) is 0 Å². The van der Waals surface area contributed by atoms with E-state index in [1.54, 1.807) is 38.1 Å². The molecule has 0 aliphatic carbocycles. The van der Waals surface area contributed by atoms with Crippen molar-refractivity contribution < 1.29 is 33.3 Å². The van der Waals surface area contributed by atoms with Crippen LogP contribution in [0.25, 0.3) is 0 Å². The van der Waals surface area contributed by atoms with E-state index in [-0.39, 0.29) is 11.6 Å². The van der Waals surface area contributed by atoms with E-state index in [9.17, 15) is 9.90 Å². The van der Waals surface area contributed by atoms with E-state index in [4.69, 9.17) is 23.4 Å². The molecule has 0 aromatic heterocycles. The molecule has 0 amide bonds. The Morgan fingerprint density at radius 2 is 1.83 bits per heavy atom. The van der Waals surface area contributed by atoms with Gasteiger partial charge >= 0.3 is 5.97 Å². The molecule has 1 aromatic rings. The van der Waals surface area contributed by atoms with Crippen molar-refractivity contribution in [2.45, 2.75) is 89.2 Å². The monoisotopic (exact) mass is 438 g/mol. The normalized spacial score (nSPS) is 29.5. The van der Waals surface area contributed by atoms with Gasteiger partial charge in [0.05, 0.1) is 12.2 Å². The zero-order valence-corrected chi connectivity index (χ0v) is 19.9. The Morgan fingerprint density at radius 3 is 2.43 bits per heavy atom. The van der Waals surface area contributed by atoms with Crippen LogP contribution in [0.5, 0.6) is 0 Å². The van der Waals surface area contributed by atoms with Crippen molar-refractivity contribution in [2.24, 2.45) is 0 Å². The van der Waals surface area contributed by atoms with E-state index in [1.165, 1.54) is 0 Å². The second-order valence-corrected chi connectivity index (χ2v) is 14.8. The Balaban J connectivity index is 1.74. The first-order valence-corrected chi connectivity index (χ1v) is 13.3. The van der Waals surface area contributed by atoms with Gasteiger partial charge in [0, 0.05) is 0 Å². The Hall–Kier alpha value is -1.29. The summed E-state index contributed by atoms with van der Waals surface area (Å²) in [6.45, 7) is 14.3. The summed E-state index contributed by atoms with van der Waals surface area (Å²) < 4.78 is 29.6. The van der Waals surface area contributed by atoms with Gasteiger partial charge in [0.2, 0.25) is 0 Å². The van der Waals surface area contributed by atoms with Gasteiger partial charge in [0.25, 0.3) is 0 Å². The quantitative estimate of drug-likeness (QED) is 0.538. The Morgan fingerprint density at radius 1 is 1.20 bits per heavy atom. The summed E-state index contributed by atoms with van der Waals surface area (Å²) in [4.78, 5) is 12.7. The Labute approximate surface area is 179 Å². The van der Waals surface area contributed by atoms with Gasteiger partial charge < -0.3 is 28.5 Å². The fourth-order valence-corrected chi connectivity index (χ4v) is 4.34. The van der Waals surface area contributed by atoms with E-state index < -0.39 is 50.8 Å². The molecule has 8 heteroatoms. The first-order chi connectivity index (χ1) is 13.8. The summed E-state index contributed by atoms with van der Waals surface area (Å²) in [5, 5.41) is 10.9. The van der Waals surface area contributed by atoms with Gasteiger partial charge in [0.15, 0.2) is 32.6 Å². The number of hydrogen-bond acceptors (Lipinski definition) is 7. The van der Waals surface area contributed by atoms with E-state index in [2.05, 4.69) is 33.9 Å².